The molecule has 0 saturated carbocycles. The molecule has 1 aromatic rings. The van der Waals surface area contributed by atoms with E-state index in [2.05, 4.69) is 10.6 Å². The van der Waals surface area contributed by atoms with Crippen molar-refractivity contribution in [2.75, 3.05) is 11.9 Å². The second kappa shape index (κ2) is 7.77. The van der Waals surface area contributed by atoms with Crippen molar-refractivity contribution in [2.45, 2.75) is 37.5 Å². The van der Waals surface area contributed by atoms with Gasteiger partial charge in [0.1, 0.15) is 6.10 Å². The number of nitrogens with one attached hydrogen (secondary N) is 2. The van der Waals surface area contributed by atoms with Crippen LogP contribution in [0.4, 0.5) is 10.5 Å². The van der Waals surface area contributed by atoms with Crippen LogP contribution in [0.25, 0.3) is 0 Å². The molecule has 120 valence electrons. The number of aliphatic carboxylic acids is 1. The Balaban J connectivity index is 1.86. The van der Waals surface area contributed by atoms with E-state index in [0.29, 0.717) is 18.5 Å². The summed E-state index contributed by atoms with van der Waals surface area (Å²) in [6, 6.07) is 8.28. The Kier molecular flexibility index (Phi) is 5.74. The monoisotopic (exact) mass is 308 g/mol. The number of rotatable bonds is 5. The molecule has 2 rings (SSSR count). The van der Waals surface area contributed by atoms with E-state index < -0.39 is 18.2 Å². The Morgan fingerprint density at radius 2 is 1.95 bits per heavy atom. The number of para-hydroxylation sites is 1. The van der Waals surface area contributed by atoms with Crippen LogP contribution in [-0.2, 0) is 9.53 Å². The maximum atomic E-state index is 11.9. The smallest absolute Gasteiger partial charge is 0.319 e. The SMILES string of the molecule is O=C(O)C[C@H]1CC[C@H](NC(=O)Nc2ccccc2)[C@H](CO)O1. The van der Waals surface area contributed by atoms with Crippen molar-refractivity contribution in [2.24, 2.45) is 0 Å². The molecule has 7 heteroatoms. The Labute approximate surface area is 128 Å². The normalized spacial score (nSPS) is 24.5. The molecule has 7 nitrogen and oxygen atoms in total. The fourth-order valence-corrected chi connectivity index (χ4v) is 2.50. The van der Waals surface area contributed by atoms with Crippen molar-refractivity contribution in [1.29, 1.82) is 0 Å². The molecular weight excluding hydrogens is 288 g/mol. The molecule has 1 aliphatic heterocycles. The average Bonchev–Trinajstić information content (AvgIpc) is 2.49. The van der Waals surface area contributed by atoms with Gasteiger partial charge < -0.3 is 25.6 Å². The molecule has 1 aliphatic rings. The predicted octanol–water partition coefficient (Wildman–Crippen LogP) is 1.19. The second-order valence-corrected chi connectivity index (χ2v) is 5.23. The number of anilines is 1. The van der Waals surface area contributed by atoms with Crippen molar-refractivity contribution >= 4 is 17.7 Å². The lowest BCUT2D eigenvalue weighted by Gasteiger charge is -2.35. The maximum Gasteiger partial charge on any atom is 0.319 e. The number of hydrogen-bond donors (Lipinski definition) is 4. The highest BCUT2D eigenvalue weighted by atomic mass is 16.5. The molecule has 0 radical (unpaired) electrons. The number of aliphatic hydroxyl groups is 1. The lowest BCUT2D eigenvalue weighted by atomic mass is 9.97. The summed E-state index contributed by atoms with van der Waals surface area (Å²) in [7, 11) is 0. The highest BCUT2D eigenvalue weighted by Crippen LogP contribution is 2.22. The van der Waals surface area contributed by atoms with E-state index in [0.717, 1.165) is 0 Å². The topological polar surface area (TPSA) is 108 Å². The van der Waals surface area contributed by atoms with E-state index in [1.54, 1.807) is 12.1 Å². The van der Waals surface area contributed by atoms with Gasteiger partial charge in [0.05, 0.1) is 25.2 Å². The van der Waals surface area contributed by atoms with E-state index in [1.807, 2.05) is 18.2 Å². The number of carbonyl (C=O) groups excluding carboxylic acids is 1. The van der Waals surface area contributed by atoms with Crippen LogP contribution in [0.3, 0.4) is 0 Å². The zero-order valence-electron chi connectivity index (χ0n) is 12.1. The van der Waals surface area contributed by atoms with Crippen molar-refractivity contribution in [3.8, 4) is 0 Å². The Morgan fingerprint density at radius 1 is 1.23 bits per heavy atom. The molecule has 22 heavy (non-hydrogen) atoms. The minimum atomic E-state index is -0.935. The second-order valence-electron chi connectivity index (χ2n) is 5.23. The van der Waals surface area contributed by atoms with Gasteiger partial charge in [0.25, 0.3) is 0 Å². The van der Waals surface area contributed by atoms with Crippen molar-refractivity contribution in [3.63, 3.8) is 0 Å². The van der Waals surface area contributed by atoms with Gasteiger partial charge in [-0.2, -0.15) is 0 Å². The first-order chi connectivity index (χ1) is 10.6. The zero-order chi connectivity index (χ0) is 15.9. The third-order valence-corrected chi connectivity index (χ3v) is 3.55. The molecule has 1 saturated heterocycles. The number of amides is 2. The molecule has 0 aromatic heterocycles. The van der Waals surface area contributed by atoms with Crippen molar-refractivity contribution in [1.82, 2.24) is 5.32 Å². The molecule has 1 heterocycles. The van der Waals surface area contributed by atoms with Gasteiger partial charge in [0.15, 0.2) is 0 Å². The van der Waals surface area contributed by atoms with Gasteiger partial charge in [0, 0.05) is 5.69 Å². The summed E-state index contributed by atoms with van der Waals surface area (Å²) in [5.74, 6) is -0.935. The molecule has 1 aromatic carbocycles. The van der Waals surface area contributed by atoms with Gasteiger partial charge in [-0.15, -0.1) is 0 Å². The lowest BCUT2D eigenvalue weighted by Crippen LogP contribution is -2.52. The third-order valence-electron chi connectivity index (χ3n) is 3.55. The highest BCUT2D eigenvalue weighted by Gasteiger charge is 2.32. The quantitative estimate of drug-likeness (QED) is 0.653. The summed E-state index contributed by atoms with van der Waals surface area (Å²) < 4.78 is 5.54. The fraction of sp³-hybridized carbons (Fsp3) is 0.467. The van der Waals surface area contributed by atoms with Gasteiger partial charge in [-0.05, 0) is 25.0 Å². The summed E-state index contributed by atoms with van der Waals surface area (Å²) >= 11 is 0. The van der Waals surface area contributed by atoms with Gasteiger partial charge >= 0.3 is 12.0 Å². The summed E-state index contributed by atoms with van der Waals surface area (Å²) in [5.41, 5.74) is 0.668. The zero-order valence-corrected chi connectivity index (χ0v) is 12.1. The minimum absolute atomic E-state index is 0.0978. The standard InChI is InChI=1S/C15H20N2O5/c18-9-13-12(7-6-11(22-13)8-14(19)20)17-15(21)16-10-4-2-1-3-5-10/h1-5,11-13,18H,6-9H2,(H,19,20)(H2,16,17,21)/t11-,12+,13+/m1/s1. The van der Waals surface area contributed by atoms with E-state index in [9.17, 15) is 14.7 Å². The summed E-state index contributed by atoms with van der Waals surface area (Å²) in [6.45, 7) is -0.271. The Morgan fingerprint density at radius 3 is 2.59 bits per heavy atom. The average molecular weight is 308 g/mol. The Hall–Kier alpha value is -2.12. The number of aliphatic hydroxyl groups excluding tert-OH is 1. The summed E-state index contributed by atoms with van der Waals surface area (Å²) in [4.78, 5) is 22.7. The molecule has 0 bridgehead atoms. The first-order valence-corrected chi connectivity index (χ1v) is 7.19. The molecule has 4 N–H and O–H groups in total. The van der Waals surface area contributed by atoms with Crippen LogP contribution in [0.1, 0.15) is 19.3 Å². The number of hydrogen-bond acceptors (Lipinski definition) is 4. The fourth-order valence-electron chi connectivity index (χ4n) is 2.50. The van der Waals surface area contributed by atoms with Crippen LogP contribution < -0.4 is 10.6 Å². The van der Waals surface area contributed by atoms with Crippen LogP contribution in [0.15, 0.2) is 30.3 Å². The molecule has 2 amide bonds. The van der Waals surface area contributed by atoms with Gasteiger partial charge in [0.2, 0.25) is 0 Å². The molecule has 3 atom stereocenters. The van der Waals surface area contributed by atoms with Crippen LogP contribution in [-0.4, -0.2) is 47.1 Å². The Bertz CT molecular complexity index is 508. The summed E-state index contributed by atoms with van der Waals surface area (Å²) in [6.07, 6.45) is -0.0336. The van der Waals surface area contributed by atoms with E-state index in [-0.39, 0.29) is 25.1 Å². The van der Waals surface area contributed by atoms with Crippen molar-refractivity contribution in [3.05, 3.63) is 30.3 Å². The summed E-state index contributed by atoms with van der Waals surface area (Å²) in [5, 5.41) is 23.6. The number of carbonyl (C=O) groups is 2. The molecule has 1 fully saturated rings. The number of carboxylic acid groups (broad SMARTS) is 1. The highest BCUT2D eigenvalue weighted by molar-refractivity contribution is 5.89. The van der Waals surface area contributed by atoms with Crippen LogP contribution in [0, 0.1) is 0 Å². The molecular formula is C15H20N2O5. The first-order valence-electron chi connectivity index (χ1n) is 7.19. The van der Waals surface area contributed by atoms with Gasteiger partial charge in [-0.3, -0.25) is 4.79 Å². The third kappa shape index (κ3) is 4.71. The lowest BCUT2D eigenvalue weighted by molar-refractivity contribution is -0.145. The maximum absolute atomic E-state index is 11.9. The number of benzene rings is 1. The van der Waals surface area contributed by atoms with Gasteiger partial charge in [-0.25, -0.2) is 4.79 Å². The van der Waals surface area contributed by atoms with E-state index >= 15 is 0 Å². The first kappa shape index (κ1) is 16.3. The number of ether oxygens (including phenoxy) is 1. The van der Waals surface area contributed by atoms with E-state index in [4.69, 9.17) is 9.84 Å². The molecule has 0 unspecified atom stereocenters. The van der Waals surface area contributed by atoms with Crippen LogP contribution >= 0.6 is 0 Å². The minimum Gasteiger partial charge on any atom is -0.481 e. The number of urea groups is 1. The van der Waals surface area contributed by atoms with Crippen LogP contribution in [0.2, 0.25) is 0 Å². The molecule has 0 aliphatic carbocycles. The molecule has 0 spiro atoms. The van der Waals surface area contributed by atoms with E-state index in [1.165, 1.54) is 0 Å². The predicted molar refractivity (Wildman–Crippen MR) is 79.6 cm³/mol. The van der Waals surface area contributed by atoms with Crippen LogP contribution in [0.5, 0.6) is 0 Å². The number of carboxylic acids is 1. The van der Waals surface area contributed by atoms with Crippen molar-refractivity contribution < 1.29 is 24.5 Å². The largest absolute Gasteiger partial charge is 0.481 e. The van der Waals surface area contributed by atoms with Gasteiger partial charge in [-0.1, -0.05) is 18.2 Å².